The minimum atomic E-state index is 0.432. The van der Waals surface area contributed by atoms with E-state index in [2.05, 4.69) is 9.97 Å². The van der Waals surface area contributed by atoms with Crippen LogP contribution < -0.4 is 15.3 Å². The summed E-state index contributed by atoms with van der Waals surface area (Å²) >= 11 is 0. The van der Waals surface area contributed by atoms with Gasteiger partial charge in [-0.1, -0.05) is 34.0 Å². The predicted octanol–water partition coefficient (Wildman–Crippen LogP) is 0.775. The van der Waals surface area contributed by atoms with E-state index in [-0.39, 0.29) is 0 Å². The third-order valence-corrected chi connectivity index (χ3v) is 3.29. The molecule has 6 heteroatoms. The maximum atomic E-state index is 6.06. The highest BCUT2D eigenvalue weighted by molar-refractivity contribution is 5.79. The average Bonchev–Trinajstić information content (AvgIpc) is 2.82. The zero-order valence-electron chi connectivity index (χ0n) is 11.4. The lowest BCUT2D eigenvalue weighted by Crippen LogP contribution is -2.45. The van der Waals surface area contributed by atoms with Crippen LogP contribution in [-0.4, -0.2) is 14.5 Å². The lowest BCUT2D eigenvalue weighted by molar-refractivity contribution is -0.885. The van der Waals surface area contributed by atoms with Crippen LogP contribution in [0, 0.1) is 6.92 Å². The standard InChI is InChI=1S/C14H15N5O/c1-10-5-3-4-6-11(10)7-20-19-9-17-14-12(13(19)15)16-8-18(14)2/h3-6,8-9,15H,7H2,1-2H3/p+1. The van der Waals surface area contributed by atoms with Gasteiger partial charge in [0.1, 0.15) is 0 Å². The molecule has 2 N–H and O–H groups in total. The Kier molecular flexibility index (Phi) is 2.98. The Hall–Kier alpha value is -2.63. The van der Waals surface area contributed by atoms with E-state index in [1.807, 2.05) is 42.8 Å². The number of hydrogen-bond acceptors (Lipinski definition) is 4. The fourth-order valence-electron chi connectivity index (χ4n) is 2.04. The summed E-state index contributed by atoms with van der Waals surface area (Å²) in [6, 6.07) is 8.06. The molecule has 0 atom stereocenters. The van der Waals surface area contributed by atoms with Gasteiger partial charge in [-0.2, -0.15) is 0 Å². The first-order valence-corrected chi connectivity index (χ1v) is 6.32. The summed E-state index contributed by atoms with van der Waals surface area (Å²) in [6.07, 6.45) is 3.25. The van der Waals surface area contributed by atoms with Crippen molar-refractivity contribution in [2.75, 3.05) is 5.73 Å². The molecule has 6 nitrogen and oxygen atoms in total. The number of aromatic nitrogens is 4. The largest absolute Gasteiger partial charge is 0.352 e. The van der Waals surface area contributed by atoms with Crippen LogP contribution in [0.5, 0.6) is 0 Å². The molecule has 3 aromatic rings. The van der Waals surface area contributed by atoms with Gasteiger partial charge in [0, 0.05) is 7.05 Å². The lowest BCUT2D eigenvalue weighted by atomic mass is 10.1. The molecule has 0 aliphatic heterocycles. The van der Waals surface area contributed by atoms with Gasteiger partial charge in [0.25, 0.3) is 12.1 Å². The molecule has 0 aliphatic rings. The van der Waals surface area contributed by atoms with E-state index in [9.17, 15) is 0 Å². The molecule has 102 valence electrons. The number of fused-ring (bicyclic) bond motifs is 1. The van der Waals surface area contributed by atoms with E-state index >= 15 is 0 Å². The number of aryl methyl sites for hydroxylation is 2. The fourth-order valence-corrected chi connectivity index (χ4v) is 2.04. The zero-order valence-corrected chi connectivity index (χ0v) is 11.4. The van der Waals surface area contributed by atoms with E-state index in [0.29, 0.717) is 17.9 Å². The predicted molar refractivity (Wildman–Crippen MR) is 74.6 cm³/mol. The number of nitrogens with zero attached hydrogens (tertiary/aromatic N) is 4. The van der Waals surface area contributed by atoms with Crippen LogP contribution >= 0.6 is 0 Å². The van der Waals surface area contributed by atoms with Crippen molar-refractivity contribution in [1.82, 2.24) is 14.5 Å². The van der Waals surface area contributed by atoms with E-state index in [0.717, 1.165) is 11.2 Å². The molecule has 2 aromatic heterocycles. The second kappa shape index (κ2) is 4.80. The summed E-state index contributed by atoms with van der Waals surface area (Å²) in [6.45, 7) is 2.48. The van der Waals surface area contributed by atoms with Gasteiger partial charge >= 0.3 is 0 Å². The van der Waals surface area contributed by atoms with Gasteiger partial charge in [-0.05, 0) is 18.1 Å². The Balaban J connectivity index is 1.88. The van der Waals surface area contributed by atoms with E-state index < -0.39 is 0 Å². The molecule has 0 fully saturated rings. The highest BCUT2D eigenvalue weighted by atomic mass is 16.7. The fraction of sp³-hybridized carbons (Fsp3) is 0.214. The summed E-state index contributed by atoms with van der Waals surface area (Å²) in [4.78, 5) is 14.2. The maximum absolute atomic E-state index is 6.06. The highest BCUT2D eigenvalue weighted by Crippen LogP contribution is 2.12. The van der Waals surface area contributed by atoms with Gasteiger partial charge in [-0.15, -0.1) is 0 Å². The maximum Gasteiger partial charge on any atom is 0.289 e. The quantitative estimate of drug-likeness (QED) is 0.714. The molecular formula is C14H16N5O+. The average molecular weight is 270 g/mol. The summed E-state index contributed by atoms with van der Waals surface area (Å²) in [5, 5.41) is 0. The van der Waals surface area contributed by atoms with Crippen LogP contribution in [0.3, 0.4) is 0 Å². The molecule has 2 heterocycles. The van der Waals surface area contributed by atoms with Crippen LogP contribution in [0.4, 0.5) is 5.82 Å². The molecular weight excluding hydrogens is 254 g/mol. The number of rotatable bonds is 3. The topological polar surface area (TPSA) is 69.8 Å². The van der Waals surface area contributed by atoms with Gasteiger partial charge in [0.2, 0.25) is 11.2 Å². The number of hydrogen-bond donors (Lipinski definition) is 1. The Labute approximate surface area is 116 Å². The van der Waals surface area contributed by atoms with Gasteiger partial charge in [0.05, 0.1) is 6.33 Å². The van der Waals surface area contributed by atoms with Gasteiger partial charge in [0.15, 0.2) is 6.61 Å². The van der Waals surface area contributed by atoms with Crippen LogP contribution in [0.15, 0.2) is 36.9 Å². The number of imidazole rings is 1. The molecule has 0 saturated heterocycles. The first-order chi connectivity index (χ1) is 9.66. The van der Waals surface area contributed by atoms with Crippen molar-refractivity contribution in [3.05, 3.63) is 48.0 Å². The SMILES string of the molecule is Cc1ccccc1CO[n+]1cnc2c(ncn2C)c1N. The van der Waals surface area contributed by atoms with E-state index in [1.54, 1.807) is 12.7 Å². The molecule has 0 spiro atoms. The van der Waals surface area contributed by atoms with Crippen molar-refractivity contribution in [3.8, 4) is 0 Å². The normalized spacial score (nSPS) is 10.9. The van der Waals surface area contributed by atoms with Crippen molar-refractivity contribution in [3.63, 3.8) is 0 Å². The lowest BCUT2D eigenvalue weighted by Gasteiger charge is -2.07. The Morgan fingerprint density at radius 2 is 2.10 bits per heavy atom. The van der Waals surface area contributed by atoms with Crippen molar-refractivity contribution >= 4 is 17.0 Å². The molecule has 1 aromatic carbocycles. The number of benzene rings is 1. The third-order valence-electron chi connectivity index (χ3n) is 3.29. The smallest absolute Gasteiger partial charge is 0.289 e. The summed E-state index contributed by atoms with van der Waals surface area (Å²) in [7, 11) is 1.88. The summed E-state index contributed by atoms with van der Waals surface area (Å²) in [5.41, 5.74) is 9.72. The third kappa shape index (κ3) is 2.05. The van der Waals surface area contributed by atoms with Crippen LogP contribution in [0.25, 0.3) is 11.2 Å². The minimum absolute atomic E-state index is 0.432. The van der Waals surface area contributed by atoms with Crippen LogP contribution in [-0.2, 0) is 13.7 Å². The summed E-state index contributed by atoms with van der Waals surface area (Å²) in [5.74, 6) is 0.448. The molecule has 0 amide bonds. The first kappa shape index (κ1) is 12.4. The Bertz CT molecular complexity index is 765. The van der Waals surface area contributed by atoms with Crippen molar-refractivity contribution in [2.24, 2.45) is 7.05 Å². The number of nitrogen functional groups attached to an aromatic ring is 1. The molecule has 0 aliphatic carbocycles. The van der Waals surface area contributed by atoms with Crippen molar-refractivity contribution < 1.29 is 9.57 Å². The van der Waals surface area contributed by atoms with Gasteiger partial charge < -0.3 is 15.1 Å². The van der Waals surface area contributed by atoms with E-state index in [4.69, 9.17) is 10.6 Å². The summed E-state index contributed by atoms with van der Waals surface area (Å²) < 4.78 is 3.28. The molecule has 0 saturated carbocycles. The van der Waals surface area contributed by atoms with Crippen molar-refractivity contribution in [1.29, 1.82) is 0 Å². The van der Waals surface area contributed by atoms with Gasteiger partial charge in [-0.3, -0.25) is 0 Å². The number of anilines is 1. The van der Waals surface area contributed by atoms with Gasteiger partial charge in [-0.25, -0.2) is 4.98 Å². The molecule has 0 unspecified atom stereocenters. The zero-order chi connectivity index (χ0) is 14.1. The molecule has 0 bridgehead atoms. The second-order valence-corrected chi connectivity index (χ2v) is 4.68. The highest BCUT2D eigenvalue weighted by Gasteiger charge is 2.16. The molecule has 0 radical (unpaired) electrons. The van der Waals surface area contributed by atoms with Crippen LogP contribution in [0.1, 0.15) is 11.1 Å². The Morgan fingerprint density at radius 1 is 1.30 bits per heavy atom. The molecule has 20 heavy (non-hydrogen) atoms. The number of nitrogens with two attached hydrogens (primary N) is 1. The Morgan fingerprint density at radius 3 is 2.90 bits per heavy atom. The van der Waals surface area contributed by atoms with Crippen LogP contribution in [0.2, 0.25) is 0 Å². The second-order valence-electron chi connectivity index (χ2n) is 4.68. The monoisotopic (exact) mass is 270 g/mol. The molecule has 3 rings (SSSR count). The van der Waals surface area contributed by atoms with E-state index in [1.165, 1.54) is 10.3 Å². The first-order valence-electron chi connectivity index (χ1n) is 6.32. The minimum Gasteiger partial charge on any atom is -0.352 e. The van der Waals surface area contributed by atoms with Crippen molar-refractivity contribution in [2.45, 2.75) is 13.5 Å².